The molecule has 1 amide bonds. The van der Waals surface area contributed by atoms with Crippen LogP contribution in [0.4, 0.5) is 10.1 Å². The van der Waals surface area contributed by atoms with Crippen LogP contribution in [0.25, 0.3) is 0 Å². The highest BCUT2D eigenvalue weighted by molar-refractivity contribution is 5.87. The van der Waals surface area contributed by atoms with E-state index in [-0.39, 0.29) is 18.5 Å². The zero-order valence-corrected chi connectivity index (χ0v) is 16.9. The minimum Gasteiger partial charge on any atom is -0.469 e. The van der Waals surface area contributed by atoms with Crippen LogP contribution in [0, 0.1) is 15.9 Å². The van der Waals surface area contributed by atoms with Crippen molar-refractivity contribution in [2.24, 2.45) is 0 Å². The summed E-state index contributed by atoms with van der Waals surface area (Å²) < 4.78 is 22.9. The second-order valence-electron chi connectivity index (χ2n) is 6.61. The van der Waals surface area contributed by atoms with Gasteiger partial charge in [-0.25, -0.2) is 9.18 Å². The van der Waals surface area contributed by atoms with Gasteiger partial charge in [-0.2, -0.15) is 0 Å². The van der Waals surface area contributed by atoms with Crippen molar-refractivity contribution in [3.8, 4) is 0 Å². The molecule has 0 aromatic heterocycles. The fourth-order valence-electron chi connectivity index (χ4n) is 3.04. The number of nitro groups is 1. The summed E-state index contributed by atoms with van der Waals surface area (Å²) >= 11 is 0. The summed E-state index contributed by atoms with van der Waals surface area (Å²) in [6.07, 6.45) is -0.509. The molecule has 0 aliphatic rings. The molecular weight excluding hydrogens is 411 g/mol. The highest BCUT2D eigenvalue weighted by Gasteiger charge is 2.34. The van der Waals surface area contributed by atoms with Crippen molar-refractivity contribution < 1.29 is 33.2 Å². The standard InChI is InChI=1S/C21H21FN2O7/c1-30-19(26)12-17(14-6-8-16(9-7-14)24(28)29)20(21(27)31-2)23-18(25)11-13-4-3-5-15(22)10-13/h3-10,17,20H,11-12H2,1-2H3,(H,23,25)/t17-,20-/m1/s1. The Balaban J connectivity index is 2.33. The maximum absolute atomic E-state index is 13.4. The first kappa shape index (κ1) is 23.5. The zero-order valence-electron chi connectivity index (χ0n) is 16.9. The van der Waals surface area contributed by atoms with Gasteiger partial charge >= 0.3 is 11.9 Å². The van der Waals surface area contributed by atoms with Crippen molar-refractivity contribution in [2.45, 2.75) is 24.8 Å². The Bertz CT molecular complexity index is 962. The number of nitrogens with one attached hydrogen (secondary N) is 1. The van der Waals surface area contributed by atoms with Gasteiger partial charge in [-0.3, -0.25) is 19.7 Å². The summed E-state index contributed by atoms with van der Waals surface area (Å²) in [5, 5.41) is 13.4. The monoisotopic (exact) mass is 432 g/mol. The average molecular weight is 432 g/mol. The lowest BCUT2D eigenvalue weighted by Crippen LogP contribution is -2.46. The largest absolute Gasteiger partial charge is 0.469 e. The SMILES string of the molecule is COC(=O)C[C@H](c1ccc([N+](=O)[O-])cc1)[C@@H](NC(=O)Cc1cccc(F)c1)C(=O)OC. The van der Waals surface area contributed by atoms with Gasteiger partial charge in [0.05, 0.1) is 32.0 Å². The molecule has 2 aromatic rings. The van der Waals surface area contributed by atoms with Gasteiger partial charge in [0.1, 0.15) is 11.9 Å². The van der Waals surface area contributed by atoms with Crippen LogP contribution >= 0.6 is 0 Å². The molecule has 0 radical (unpaired) electrons. The average Bonchev–Trinajstić information content (AvgIpc) is 2.75. The maximum Gasteiger partial charge on any atom is 0.329 e. The van der Waals surface area contributed by atoms with Crippen molar-refractivity contribution in [1.82, 2.24) is 5.32 Å². The number of non-ortho nitro benzene ring substituents is 1. The first-order chi connectivity index (χ1) is 14.7. The maximum atomic E-state index is 13.4. The third-order valence-corrected chi connectivity index (χ3v) is 4.57. The Morgan fingerprint density at radius 2 is 1.77 bits per heavy atom. The van der Waals surface area contributed by atoms with Gasteiger partial charge in [-0.15, -0.1) is 0 Å². The Kier molecular flexibility index (Phi) is 8.18. The van der Waals surface area contributed by atoms with Gasteiger partial charge in [0, 0.05) is 18.1 Å². The smallest absolute Gasteiger partial charge is 0.329 e. The minimum absolute atomic E-state index is 0.176. The number of hydrogen-bond acceptors (Lipinski definition) is 7. The molecule has 31 heavy (non-hydrogen) atoms. The summed E-state index contributed by atoms with van der Waals surface area (Å²) in [6.45, 7) is 0. The molecule has 0 heterocycles. The van der Waals surface area contributed by atoms with E-state index >= 15 is 0 Å². The Morgan fingerprint density at radius 3 is 2.32 bits per heavy atom. The molecular formula is C21H21FN2O7. The van der Waals surface area contributed by atoms with Crippen LogP contribution in [-0.4, -0.2) is 43.0 Å². The number of nitrogens with zero attached hydrogens (tertiary/aromatic N) is 1. The molecule has 0 bridgehead atoms. The van der Waals surface area contributed by atoms with Crippen LogP contribution in [0.3, 0.4) is 0 Å². The number of carbonyl (C=O) groups excluding carboxylic acids is 3. The lowest BCUT2D eigenvalue weighted by molar-refractivity contribution is -0.384. The summed E-state index contributed by atoms with van der Waals surface area (Å²) in [7, 11) is 2.30. The topological polar surface area (TPSA) is 125 Å². The summed E-state index contributed by atoms with van der Waals surface area (Å²) in [5.41, 5.74) is 0.601. The van der Waals surface area contributed by atoms with E-state index in [1.54, 1.807) is 6.07 Å². The number of rotatable bonds is 9. The van der Waals surface area contributed by atoms with Crippen molar-refractivity contribution in [3.63, 3.8) is 0 Å². The highest BCUT2D eigenvalue weighted by atomic mass is 19.1. The van der Waals surface area contributed by atoms with E-state index in [9.17, 15) is 28.9 Å². The van der Waals surface area contributed by atoms with Crippen LogP contribution in [0.1, 0.15) is 23.5 Å². The van der Waals surface area contributed by atoms with E-state index in [0.717, 1.165) is 7.11 Å². The van der Waals surface area contributed by atoms with Gasteiger partial charge in [-0.05, 0) is 23.3 Å². The van der Waals surface area contributed by atoms with E-state index in [1.165, 1.54) is 49.6 Å². The first-order valence-electron chi connectivity index (χ1n) is 9.18. The first-order valence-corrected chi connectivity index (χ1v) is 9.18. The molecule has 2 atom stereocenters. The van der Waals surface area contributed by atoms with Gasteiger partial charge in [-0.1, -0.05) is 24.3 Å². The summed E-state index contributed by atoms with van der Waals surface area (Å²) in [6, 6.07) is 9.37. The number of hydrogen-bond donors (Lipinski definition) is 1. The van der Waals surface area contributed by atoms with Crippen LogP contribution in [-0.2, 0) is 30.3 Å². The van der Waals surface area contributed by atoms with Crippen molar-refractivity contribution in [1.29, 1.82) is 0 Å². The lowest BCUT2D eigenvalue weighted by atomic mass is 9.88. The normalized spacial score (nSPS) is 12.4. The number of esters is 2. The Labute approximate surface area is 177 Å². The molecule has 9 nitrogen and oxygen atoms in total. The number of methoxy groups -OCH3 is 2. The molecule has 2 rings (SSSR count). The van der Waals surface area contributed by atoms with Crippen molar-refractivity contribution in [2.75, 3.05) is 14.2 Å². The van der Waals surface area contributed by atoms with Crippen LogP contribution in [0.15, 0.2) is 48.5 Å². The zero-order chi connectivity index (χ0) is 23.0. The van der Waals surface area contributed by atoms with Crippen LogP contribution < -0.4 is 5.32 Å². The number of ether oxygens (including phenoxy) is 2. The molecule has 0 unspecified atom stereocenters. The fraction of sp³-hybridized carbons (Fsp3) is 0.286. The van der Waals surface area contributed by atoms with E-state index in [1.807, 2.05) is 0 Å². The van der Waals surface area contributed by atoms with Crippen molar-refractivity contribution in [3.05, 3.63) is 75.6 Å². The number of benzene rings is 2. The van der Waals surface area contributed by atoms with E-state index in [0.29, 0.717) is 11.1 Å². The number of carbonyl (C=O) groups is 3. The number of halogens is 1. The summed E-state index contributed by atoms with van der Waals surface area (Å²) in [4.78, 5) is 47.3. The predicted octanol–water partition coefficient (Wildman–Crippen LogP) is 2.28. The van der Waals surface area contributed by atoms with Crippen LogP contribution in [0.5, 0.6) is 0 Å². The van der Waals surface area contributed by atoms with E-state index in [2.05, 4.69) is 10.1 Å². The van der Waals surface area contributed by atoms with E-state index in [4.69, 9.17) is 4.74 Å². The predicted molar refractivity (Wildman–Crippen MR) is 107 cm³/mol. The second-order valence-corrected chi connectivity index (χ2v) is 6.61. The minimum atomic E-state index is -1.29. The van der Waals surface area contributed by atoms with Gasteiger partial charge in [0.2, 0.25) is 5.91 Å². The Hall–Kier alpha value is -3.82. The van der Waals surface area contributed by atoms with Gasteiger partial charge < -0.3 is 14.8 Å². The number of nitro benzene ring substituents is 1. The summed E-state index contributed by atoms with van der Waals surface area (Å²) in [5.74, 6) is -3.50. The fourth-order valence-corrected chi connectivity index (χ4v) is 3.04. The second kappa shape index (κ2) is 10.8. The molecule has 164 valence electrons. The lowest BCUT2D eigenvalue weighted by Gasteiger charge is -2.26. The molecule has 1 N–H and O–H groups in total. The number of amides is 1. The molecule has 0 aliphatic carbocycles. The molecule has 0 saturated carbocycles. The highest BCUT2D eigenvalue weighted by Crippen LogP contribution is 2.27. The Morgan fingerprint density at radius 1 is 1.10 bits per heavy atom. The molecule has 0 fully saturated rings. The molecule has 10 heteroatoms. The molecule has 0 saturated heterocycles. The van der Waals surface area contributed by atoms with Crippen molar-refractivity contribution >= 4 is 23.5 Å². The molecule has 0 spiro atoms. The van der Waals surface area contributed by atoms with Gasteiger partial charge in [0.25, 0.3) is 5.69 Å². The van der Waals surface area contributed by atoms with E-state index < -0.39 is 40.5 Å². The molecule has 2 aromatic carbocycles. The van der Waals surface area contributed by atoms with Gasteiger partial charge in [0.15, 0.2) is 0 Å². The third-order valence-electron chi connectivity index (χ3n) is 4.57. The molecule has 0 aliphatic heterocycles. The third kappa shape index (κ3) is 6.59. The van der Waals surface area contributed by atoms with Crippen LogP contribution in [0.2, 0.25) is 0 Å². The quantitative estimate of drug-likeness (QED) is 0.366.